The van der Waals surface area contributed by atoms with Crippen LogP contribution in [0.2, 0.25) is 0 Å². The first-order chi connectivity index (χ1) is 10.5. The van der Waals surface area contributed by atoms with Gasteiger partial charge in [-0.3, -0.25) is 10.1 Å². The van der Waals surface area contributed by atoms with Gasteiger partial charge in [-0.2, -0.15) is 0 Å². The second-order valence-electron chi connectivity index (χ2n) is 4.34. The number of carboxylic acids is 1. The molecule has 0 radical (unpaired) electrons. The van der Waals surface area contributed by atoms with E-state index in [0.717, 1.165) is 12.1 Å². The number of carbonyl (C=O) groups is 2. The summed E-state index contributed by atoms with van der Waals surface area (Å²) in [5.74, 6) is -2.17. The Balaban J connectivity index is 2.18. The number of nitro groups is 1. The van der Waals surface area contributed by atoms with E-state index in [4.69, 9.17) is 4.74 Å². The summed E-state index contributed by atoms with van der Waals surface area (Å²) in [7, 11) is 0. The van der Waals surface area contributed by atoms with Crippen LogP contribution in [0, 0.1) is 10.1 Å². The van der Waals surface area contributed by atoms with Crippen LogP contribution in [-0.2, 0) is 9.53 Å². The summed E-state index contributed by atoms with van der Waals surface area (Å²) in [6.07, 6.45) is -1.44. The molecule has 0 bridgehead atoms. The van der Waals surface area contributed by atoms with Gasteiger partial charge in [-0.25, -0.2) is 9.59 Å². The van der Waals surface area contributed by atoms with Crippen LogP contribution in [0.4, 0.5) is 5.69 Å². The van der Waals surface area contributed by atoms with E-state index in [2.05, 4.69) is 0 Å². The number of esters is 1. The molecular formula is C15H11NO6. The molecule has 1 unspecified atom stereocenters. The summed E-state index contributed by atoms with van der Waals surface area (Å²) in [6, 6.07) is 12.7. The van der Waals surface area contributed by atoms with Crippen LogP contribution < -0.4 is 0 Å². The standard InChI is InChI=1S/C15H11NO6/c17-14(18)13(10-4-2-1-3-5-10)22-15(19)11-6-8-12(9-7-11)16(20)21/h1-9,13H,(H,17,18). The Bertz CT molecular complexity index is 696. The number of benzene rings is 2. The lowest BCUT2D eigenvalue weighted by Crippen LogP contribution is -2.19. The van der Waals surface area contributed by atoms with Gasteiger partial charge >= 0.3 is 11.9 Å². The molecule has 1 N–H and O–H groups in total. The monoisotopic (exact) mass is 301 g/mol. The van der Waals surface area contributed by atoms with Gasteiger partial charge in [0.2, 0.25) is 6.10 Å². The van der Waals surface area contributed by atoms with E-state index >= 15 is 0 Å². The van der Waals surface area contributed by atoms with E-state index in [1.165, 1.54) is 24.3 Å². The Labute approximate surface area is 124 Å². The summed E-state index contributed by atoms with van der Waals surface area (Å²) in [4.78, 5) is 33.1. The topological polar surface area (TPSA) is 107 Å². The average molecular weight is 301 g/mol. The minimum absolute atomic E-state index is 0.0350. The number of nitro benzene ring substituents is 1. The summed E-state index contributed by atoms with van der Waals surface area (Å²) in [5, 5.41) is 19.7. The molecule has 0 fully saturated rings. The third kappa shape index (κ3) is 3.45. The van der Waals surface area contributed by atoms with Crippen molar-refractivity contribution in [3.8, 4) is 0 Å². The summed E-state index contributed by atoms with van der Waals surface area (Å²) < 4.78 is 4.98. The molecule has 0 saturated carbocycles. The molecule has 7 nitrogen and oxygen atoms in total. The van der Waals surface area contributed by atoms with Crippen molar-refractivity contribution in [1.29, 1.82) is 0 Å². The highest BCUT2D eigenvalue weighted by molar-refractivity contribution is 5.91. The molecular weight excluding hydrogens is 290 g/mol. The quantitative estimate of drug-likeness (QED) is 0.516. The lowest BCUT2D eigenvalue weighted by Gasteiger charge is -2.14. The first-order valence-electron chi connectivity index (χ1n) is 6.22. The maximum Gasteiger partial charge on any atom is 0.349 e. The van der Waals surface area contributed by atoms with Crippen LogP contribution in [0.3, 0.4) is 0 Å². The molecule has 2 rings (SSSR count). The molecule has 7 heteroatoms. The Hall–Kier alpha value is -3.22. The van der Waals surface area contributed by atoms with Gasteiger partial charge in [0.25, 0.3) is 5.69 Å². The van der Waals surface area contributed by atoms with Crippen LogP contribution in [0.25, 0.3) is 0 Å². The fourth-order valence-corrected chi connectivity index (χ4v) is 1.78. The van der Waals surface area contributed by atoms with E-state index in [-0.39, 0.29) is 11.3 Å². The van der Waals surface area contributed by atoms with Crippen molar-refractivity contribution < 1.29 is 24.4 Å². The van der Waals surface area contributed by atoms with E-state index in [9.17, 15) is 24.8 Å². The molecule has 112 valence electrons. The normalized spacial score (nSPS) is 11.5. The Morgan fingerprint density at radius 3 is 2.14 bits per heavy atom. The SMILES string of the molecule is O=C(OC(C(=O)O)c1ccccc1)c1ccc([N+](=O)[O-])cc1. The molecule has 0 aliphatic heterocycles. The molecule has 0 aliphatic carbocycles. The molecule has 0 aromatic heterocycles. The van der Waals surface area contributed by atoms with Crippen molar-refractivity contribution in [3.05, 3.63) is 75.8 Å². The Kier molecular flexibility index (Phi) is 4.47. The highest BCUT2D eigenvalue weighted by Gasteiger charge is 2.25. The van der Waals surface area contributed by atoms with E-state index in [0.29, 0.717) is 5.56 Å². The number of hydrogen-bond acceptors (Lipinski definition) is 5. The fourth-order valence-electron chi connectivity index (χ4n) is 1.78. The lowest BCUT2D eigenvalue weighted by molar-refractivity contribution is -0.384. The Morgan fingerprint density at radius 1 is 1.05 bits per heavy atom. The van der Waals surface area contributed by atoms with E-state index in [1.807, 2.05) is 0 Å². The molecule has 0 heterocycles. The third-order valence-electron chi connectivity index (χ3n) is 2.87. The molecule has 22 heavy (non-hydrogen) atoms. The van der Waals surface area contributed by atoms with Crippen molar-refractivity contribution in [2.45, 2.75) is 6.10 Å². The largest absolute Gasteiger partial charge is 0.478 e. The van der Waals surface area contributed by atoms with Crippen molar-refractivity contribution >= 4 is 17.6 Å². The molecule has 0 saturated heterocycles. The van der Waals surface area contributed by atoms with Gasteiger partial charge in [0.05, 0.1) is 10.5 Å². The smallest absolute Gasteiger partial charge is 0.349 e. The van der Waals surface area contributed by atoms with Crippen LogP contribution in [0.5, 0.6) is 0 Å². The summed E-state index contributed by atoms with van der Waals surface area (Å²) in [5.41, 5.74) is 0.187. The second-order valence-corrected chi connectivity index (χ2v) is 4.34. The maximum absolute atomic E-state index is 12.0. The van der Waals surface area contributed by atoms with Crippen LogP contribution in [-0.4, -0.2) is 22.0 Å². The van der Waals surface area contributed by atoms with Crippen molar-refractivity contribution in [1.82, 2.24) is 0 Å². The van der Waals surface area contributed by atoms with Gasteiger partial charge < -0.3 is 9.84 Å². The number of non-ortho nitro benzene ring substituents is 1. The molecule has 1 atom stereocenters. The van der Waals surface area contributed by atoms with Crippen molar-refractivity contribution in [2.75, 3.05) is 0 Å². The minimum Gasteiger partial charge on any atom is -0.478 e. The van der Waals surface area contributed by atoms with E-state index in [1.54, 1.807) is 18.2 Å². The maximum atomic E-state index is 12.0. The highest BCUT2D eigenvalue weighted by atomic mass is 16.6. The third-order valence-corrected chi connectivity index (χ3v) is 2.87. The number of carboxylic acid groups (broad SMARTS) is 1. The number of nitrogens with zero attached hydrogens (tertiary/aromatic N) is 1. The second kappa shape index (κ2) is 6.49. The number of hydrogen-bond donors (Lipinski definition) is 1. The molecule has 2 aromatic rings. The predicted molar refractivity (Wildman–Crippen MR) is 75.3 cm³/mol. The van der Waals surface area contributed by atoms with Crippen LogP contribution in [0.15, 0.2) is 54.6 Å². The number of aliphatic carboxylic acids is 1. The zero-order chi connectivity index (χ0) is 16.1. The molecule has 0 amide bonds. The summed E-state index contributed by atoms with van der Waals surface area (Å²) in [6.45, 7) is 0. The fraction of sp³-hybridized carbons (Fsp3) is 0.0667. The van der Waals surface area contributed by atoms with Crippen LogP contribution >= 0.6 is 0 Å². The highest BCUT2D eigenvalue weighted by Crippen LogP contribution is 2.20. The average Bonchev–Trinajstić information content (AvgIpc) is 2.53. The van der Waals surface area contributed by atoms with Crippen LogP contribution in [0.1, 0.15) is 22.0 Å². The van der Waals surface area contributed by atoms with Gasteiger partial charge in [-0.15, -0.1) is 0 Å². The van der Waals surface area contributed by atoms with Gasteiger partial charge in [0, 0.05) is 17.7 Å². The first kappa shape index (κ1) is 15.2. The van der Waals surface area contributed by atoms with Crippen molar-refractivity contribution in [3.63, 3.8) is 0 Å². The molecule has 0 spiro atoms. The Morgan fingerprint density at radius 2 is 1.64 bits per heavy atom. The van der Waals surface area contributed by atoms with Gasteiger partial charge in [0.15, 0.2) is 0 Å². The van der Waals surface area contributed by atoms with Crippen molar-refractivity contribution in [2.24, 2.45) is 0 Å². The lowest BCUT2D eigenvalue weighted by atomic mass is 10.1. The number of rotatable bonds is 5. The van der Waals surface area contributed by atoms with Gasteiger partial charge in [-0.05, 0) is 12.1 Å². The first-order valence-corrected chi connectivity index (χ1v) is 6.22. The number of carbonyl (C=O) groups excluding carboxylic acids is 1. The van der Waals surface area contributed by atoms with Gasteiger partial charge in [0.1, 0.15) is 0 Å². The van der Waals surface area contributed by atoms with Gasteiger partial charge in [-0.1, -0.05) is 30.3 Å². The van der Waals surface area contributed by atoms with E-state index < -0.39 is 23.0 Å². The predicted octanol–water partition coefficient (Wildman–Crippen LogP) is 2.58. The zero-order valence-corrected chi connectivity index (χ0v) is 11.2. The molecule has 0 aliphatic rings. The number of ether oxygens (including phenoxy) is 1. The zero-order valence-electron chi connectivity index (χ0n) is 11.2. The minimum atomic E-state index is -1.44. The molecule has 2 aromatic carbocycles. The summed E-state index contributed by atoms with van der Waals surface area (Å²) >= 11 is 0.